The average Bonchev–Trinajstić information content (AvgIpc) is 2.96. The Balaban J connectivity index is 1.67. The van der Waals surface area contributed by atoms with Crippen LogP contribution in [-0.4, -0.2) is 35.0 Å². The van der Waals surface area contributed by atoms with E-state index in [4.69, 9.17) is 12.2 Å². The topological polar surface area (TPSA) is 61.0 Å². The van der Waals surface area contributed by atoms with Gasteiger partial charge in [-0.25, -0.2) is 9.37 Å². The summed E-state index contributed by atoms with van der Waals surface area (Å²) in [5.41, 5.74) is 0.444. The Labute approximate surface area is 132 Å². The molecular weight excluding hydrogens is 303 g/mol. The van der Waals surface area contributed by atoms with Gasteiger partial charge in [0.15, 0.2) is 11.6 Å². The molecule has 1 aliphatic heterocycles. The number of hydrogen-bond donors (Lipinski definition) is 2. The van der Waals surface area contributed by atoms with E-state index < -0.39 is 0 Å². The lowest BCUT2D eigenvalue weighted by molar-refractivity contribution is 0.0939. The molecule has 1 saturated heterocycles. The number of anilines is 1. The summed E-state index contributed by atoms with van der Waals surface area (Å²) in [5.74, 6) is -0.230. The van der Waals surface area contributed by atoms with Gasteiger partial charge in [0, 0.05) is 31.5 Å². The quantitative estimate of drug-likeness (QED) is 0.853. The van der Waals surface area contributed by atoms with Crippen molar-refractivity contribution < 1.29 is 9.18 Å². The first-order valence-corrected chi connectivity index (χ1v) is 7.40. The highest BCUT2D eigenvalue weighted by molar-refractivity contribution is 7.71. The van der Waals surface area contributed by atoms with Gasteiger partial charge in [-0.1, -0.05) is 12.2 Å². The number of aromatic amines is 1. The summed E-state index contributed by atoms with van der Waals surface area (Å²) in [7, 11) is 0. The fourth-order valence-electron chi connectivity index (χ4n) is 2.54. The molecule has 22 heavy (non-hydrogen) atoms. The molecule has 1 fully saturated rings. The van der Waals surface area contributed by atoms with Crippen LogP contribution < -0.4 is 10.2 Å². The van der Waals surface area contributed by atoms with Gasteiger partial charge in [-0.05, 0) is 30.7 Å². The second-order valence-electron chi connectivity index (χ2n) is 5.13. The third-order valence-corrected chi connectivity index (χ3v) is 3.96. The summed E-state index contributed by atoms with van der Waals surface area (Å²) in [6, 6.07) is 6.31. The first-order chi connectivity index (χ1) is 10.6. The summed E-state index contributed by atoms with van der Waals surface area (Å²) in [4.78, 5) is 21.0. The Morgan fingerprint density at radius 1 is 1.45 bits per heavy atom. The maximum Gasteiger partial charge on any atom is 0.254 e. The van der Waals surface area contributed by atoms with E-state index in [0.29, 0.717) is 29.1 Å². The molecule has 0 radical (unpaired) electrons. The smallest absolute Gasteiger partial charge is 0.254 e. The molecule has 114 valence electrons. The van der Waals surface area contributed by atoms with Crippen molar-refractivity contribution in [2.45, 2.75) is 12.5 Å². The first kappa shape index (κ1) is 14.6. The Bertz CT molecular complexity index is 748. The summed E-state index contributed by atoms with van der Waals surface area (Å²) in [6.45, 7) is 1.18. The Morgan fingerprint density at radius 2 is 2.32 bits per heavy atom. The Kier molecular flexibility index (Phi) is 4.15. The van der Waals surface area contributed by atoms with Crippen molar-refractivity contribution in [2.75, 3.05) is 18.0 Å². The molecule has 0 aromatic carbocycles. The van der Waals surface area contributed by atoms with Crippen molar-refractivity contribution in [3.63, 3.8) is 0 Å². The van der Waals surface area contributed by atoms with E-state index in [9.17, 15) is 9.18 Å². The second-order valence-corrected chi connectivity index (χ2v) is 5.54. The molecule has 3 heterocycles. The van der Waals surface area contributed by atoms with Crippen LogP contribution in [0.3, 0.4) is 0 Å². The van der Waals surface area contributed by atoms with Crippen molar-refractivity contribution in [2.24, 2.45) is 0 Å². The zero-order chi connectivity index (χ0) is 15.5. The number of amides is 1. The van der Waals surface area contributed by atoms with Crippen LogP contribution in [-0.2, 0) is 0 Å². The van der Waals surface area contributed by atoms with E-state index in [1.165, 1.54) is 6.07 Å². The largest absolute Gasteiger partial charge is 0.352 e. The molecule has 3 rings (SSSR count). The lowest BCUT2D eigenvalue weighted by Crippen LogP contribution is -2.37. The van der Waals surface area contributed by atoms with E-state index in [0.717, 1.165) is 6.42 Å². The van der Waals surface area contributed by atoms with Crippen molar-refractivity contribution >= 4 is 23.9 Å². The van der Waals surface area contributed by atoms with Crippen LogP contribution in [0.15, 0.2) is 36.7 Å². The number of carbonyl (C=O) groups is 1. The van der Waals surface area contributed by atoms with E-state index in [2.05, 4.69) is 15.3 Å². The maximum atomic E-state index is 13.7. The lowest BCUT2D eigenvalue weighted by atomic mass is 10.2. The summed E-state index contributed by atoms with van der Waals surface area (Å²) in [6.07, 6.45) is 3.99. The van der Waals surface area contributed by atoms with Crippen LogP contribution in [0.4, 0.5) is 10.2 Å². The van der Waals surface area contributed by atoms with Gasteiger partial charge in [0.1, 0.15) is 4.64 Å². The number of rotatable bonds is 3. The predicted octanol–water partition coefficient (Wildman–Crippen LogP) is 2.29. The third-order valence-electron chi connectivity index (χ3n) is 3.62. The van der Waals surface area contributed by atoms with Gasteiger partial charge in [0.05, 0.1) is 5.56 Å². The molecule has 0 spiro atoms. The zero-order valence-electron chi connectivity index (χ0n) is 11.8. The number of H-pyrrole nitrogens is 1. The van der Waals surface area contributed by atoms with Gasteiger partial charge in [0.2, 0.25) is 0 Å². The minimum atomic E-state index is -0.347. The number of nitrogens with one attached hydrogen (secondary N) is 2. The number of pyridine rings is 2. The second kappa shape index (κ2) is 6.23. The van der Waals surface area contributed by atoms with Gasteiger partial charge in [0.25, 0.3) is 5.91 Å². The van der Waals surface area contributed by atoms with E-state index in [1.807, 2.05) is 4.90 Å². The SMILES string of the molecule is O=C(N[C@@H]1CCN(c2ncccc2F)C1)c1ccc[nH]c1=S. The first-order valence-electron chi connectivity index (χ1n) is 6.99. The van der Waals surface area contributed by atoms with Crippen molar-refractivity contribution in [1.29, 1.82) is 0 Å². The molecule has 0 unspecified atom stereocenters. The highest BCUT2D eigenvalue weighted by atomic mass is 32.1. The Hall–Kier alpha value is -2.28. The molecule has 1 amide bonds. The van der Waals surface area contributed by atoms with Crippen LogP contribution in [0.2, 0.25) is 0 Å². The summed E-state index contributed by atoms with van der Waals surface area (Å²) < 4.78 is 14.1. The average molecular weight is 318 g/mol. The minimum absolute atomic E-state index is 0.0523. The lowest BCUT2D eigenvalue weighted by Gasteiger charge is -2.18. The number of nitrogens with zero attached hydrogens (tertiary/aromatic N) is 2. The number of aromatic nitrogens is 2. The van der Waals surface area contributed by atoms with Crippen molar-refractivity contribution in [1.82, 2.24) is 15.3 Å². The number of halogens is 1. The Morgan fingerprint density at radius 3 is 3.09 bits per heavy atom. The molecule has 2 N–H and O–H groups in total. The van der Waals surface area contributed by atoms with E-state index >= 15 is 0 Å². The molecular formula is C15H15FN4OS. The standard InChI is InChI=1S/C15H15FN4OS/c16-12-4-2-6-17-13(12)20-8-5-10(9-20)19-14(21)11-3-1-7-18-15(11)22/h1-4,6-7,10H,5,8-9H2,(H,18,22)(H,19,21)/t10-/m1/s1. The molecule has 7 heteroatoms. The van der Waals surface area contributed by atoms with Gasteiger partial charge in [-0.3, -0.25) is 4.79 Å². The third kappa shape index (κ3) is 2.99. The molecule has 0 saturated carbocycles. The molecule has 0 bridgehead atoms. The monoisotopic (exact) mass is 318 g/mol. The molecule has 1 atom stereocenters. The molecule has 5 nitrogen and oxygen atoms in total. The van der Waals surface area contributed by atoms with Gasteiger partial charge in [-0.15, -0.1) is 0 Å². The van der Waals surface area contributed by atoms with Crippen LogP contribution in [0.25, 0.3) is 0 Å². The van der Waals surface area contributed by atoms with Crippen molar-refractivity contribution in [3.8, 4) is 0 Å². The zero-order valence-corrected chi connectivity index (χ0v) is 12.6. The van der Waals surface area contributed by atoms with Crippen molar-refractivity contribution in [3.05, 3.63) is 52.7 Å². The molecule has 1 aliphatic rings. The van der Waals surface area contributed by atoms with Crippen LogP contribution in [0.1, 0.15) is 16.8 Å². The van der Waals surface area contributed by atoms with Gasteiger partial charge >= 0.3 is 0 Å². The normalized spacial score (nSPS) is 17.5. The molecule has 0 aliphatic carbocycles. The molecule has 2 aromatic rings. The highest BCUT2D eigenvalue weighted by Crippen LogP contribution is 2.21. The van der Waals surface area contributed by atoms with Crippen LogP contribution in [0, 0.1) is 10.5 Å². The van der Waals surface area contributed by atoms with E-state index in [1.54, 1.807) is 30.6 Å². The van der Waals surface area contributed by atoms with Gasteiger partial charge < -0.3 is 15.2 Å². The summed E-state index contributed by atoms with van der Waals surface area (Å²) >= 11 is 5.10. The molecule has 2 aromatic heterocycles. The fraction of sp³-hybridized carbons (Fsp3) is 0.267. The highest BCUT2D eigenvalue weighted by Gasteiger charge is 2.26. The minimum Gasteiger partial charge on any atom is -0.352 e. The van der Waals surface area contributed by atoms with Crippen LogP contribution in [0.5, 0.6) is 0 Å². The number of carbonyl (C=O) groups excluding carboxylic acids is 1. The van der Waals surface area contributed by atoms with Crippen LogP contribution >= 0.6 is 12.2 Å². The predicted molar refractivity (Wildman–Crippen MR) is 83.9 cm³/mol. The summed E-state index contributed by atoms with van der Waals surface area (Å²) in [5, 5.41) is 2.94. The number of hydrogen-bond acceptors (Lipinski definition) is 4. The van der Waals surface area contributed by atoms with E-state index in [-0.39, 0.29) is 17.8 Å². The van der Waals surface area contributed by atoms with Gasteiger partial charge in [-0.2, -0.15) is 0 Å². The fourth-order valence-corrected chi connectivity index (χ4v) is 2.77. The maximum absolute atomic E-state index is 13.7.